The van der Waals surface area contributed by atoms with E-state index in [4.69, 9.17) is 15.8 Å². The molecule has 0 saturated carbocycles. The Labute approximate surface area is 143 Å². The van der Waals surface area contributed by atoms with Gasteiger partial charge in [0.25, 0.3) is 0 Å². The smallest absolute Gasteiger partial charge is 0.342 e. The molecule has 1 heterocycles. The van der Waals surface area contributed by atoms with Crippen molar-refractivity contribution < 1.29 is 12.6 Å². The Balaban J connectivity index is 2.44. The number of pyridine rings is 1. The van der Waals surface area contributed by atoms with Gasteiger partial charge >= 0.3 is 10.1 Å². The van der Waals surface area contributed by atoms with E-state index >= 15 is 0 Å². The Morgan fingerprint density at radius 1 is 1.36 bits per heavy atom. The highest BCUT2D eigenvalue weighted by atomic mass is 79.9. The van der Waals surface area contributed by atoms with Crippen LogP contribution < -0.4 is 4.18 Å². The zero-order valence-corrected chi connectivity index (χ0v) is 15.2. The van der Waals surface area contributed by atoms with Crippen LogP contribution in [-0.2, 0) is 10.1 Å². The van der Waals surface area contributed by atoms with Crippen molar-refractivity contribution in [2.75, 3.05) is 0 Å². The topological polar surface area (TPSA) is 56.3 Å². The normalized spacial score (nSPS) is 12.9. The molecule has 0 aliphatic carbocycles. The molecular weight excluding hydrogens is 390 g/mol. The summed E-state index contributed by atoms with van der Waals surface area (Å²) in [7, 11) is -4.06. The fraction of sp³-hybridized carbons (Fsp3) is 0.267. The van der Waals surface area contributed by atoms with Gasteiger partial charge in [0.1, 0.15) is 10.6 Å². The first kappa shape index (κ1) is 17.2. The molecule has 1 unspecified atom stereocenters. The third-order valence-corrected chi connectivity index (χ3v) is 5.40. The Morgan fingerprint density at radius 2 is 2.05 bits per heavy atom. The average Bonchev–Trinajstić information content (AvgIpc) is 2.49. The van der Waals surface area contributed by atoms with Crippen LogP contribution in [0.5, 0.6) is 5.75 Å². The number of hydrogen-bond acceptors (Lipinski definition) is 4. The highest BCUT2D eigenvalue weighted by molar-refractivity contribution is 9.10. The van der Waals surface area contributed by atoms with E-state index < -0.39 is 10.1 Å². The number of nitrogens with zero attached hydrogens (tertiary/aromatic N) is 1. The van der Waals surface area contributed by atoms with E-state index in [1.165, 1.54) is 12.3 Å². The number of hydrogen-bond donors (Lipinski definition) is 0. The molecule has 0 saturated heterocycles. The maximum Gasteiger partial charge on any atom is 0.342 e. The summed E-state index contributed by atoms with van der Waals surface area (Å²) in [5.41, 5.74) is 0.840. The molecule has 1 atom stereocenters. The molecule has 7 heteroatoms. The molecule has 2 rings (SSSR count). The minimum absolute atomic E-state index is 0.121. The molecule has 0 radical (unpaired) electrons. The lowest BCUT2D eigenvalue weighted by atomic mass is 9.98. The second-order valence-corrected chi connectivity index (χ2v) is 7.62. The number of rotatable bonds is 5. The summed E-state index contributed by atoms with van der Waals surface area (Å²) < 4.78 is 30.8. The lowest BCUT2D eigenvalue weighted by Gasteiger charge is -2.15. The van der Waals surface area contributed by atoms with Gasteiger partial charge < -0.3 is 4.18 Å². The van der Waals surface area contributed by atoms with Crippen LogP contribution in [0.3, 0.4) is 0 Å². The van der Waals surface area contributed by atoms with Crippen molar-refractivity contribution in [3.8, 4) is 5.75 Å². The predicted octanol–water partition coefficient (Wildman–Crippen LogP) is 4.78. The van der Waals surface area contributed by atoms with Crippen molar-refractivity contribution in [1.29, 1.82) is 0 Å². The standard InChI is InChI=1S/C15H15BrClNO3S/c1-3-10(2)12-6-4-5-7-13(12)21-22(19,20)14-8-11(16)9-18-15(14)17/h4-10H,3H2,1-2H3. The van der Waals surface area contributed by atoms with Gasteiger partial charge in [-0.25, -0.2) is 4.98 Å². The van der Waals surface area contributed by atoms with Crippen LogP contribution >= 0.6 is 27.5 Å². The molecule has 22 heavy (non-hydrogen) atoms. The average molecular weight is 405 g/mol. The minimum atomic E-state index is -4.06. The van der Waals surface area contributed by atoms with Crippen LogP contribution in [0.15, 0.2) is 45.9 Å². The third kappa shape index (κ3) is 3.80. The molecule has 0 amide bonds. The monoisotopic (exact) mass is 403 g/mol. The van der Waals surface area contributed by atoms with E-state index in [1.54, 1.807) is 12.1 Å². The van der Waals surface area contributed by atoms with Gasteiger partial charge in [-0.2, -0.15) is 8.42 Å². The second kappa shape index (κ2) is 6.98. The van der Waals surface area contributed by atoms with E-state index in [-0.39, 0.29) is 16.0 Å². The van der Waals surface area contributed by atoms with Gasteiger partial charge in [0.05, 0.1) is 0 Å². The number of halogens is 2. The zero-order chi connectivity index (χ0) is 16.3. The molecule has 1 aromatic heterocycles. The molecule has 118 valence electrons. The van der Waals surface area contributed by atoms with Crippen molar-refractivity contribution in [1.82, 2.24) is 4.98 Å². The zero-order valence-electron chi connectivity index (χ0n) is 12.1. The number of aromatic nitrogens is 1. The van der Waals surface area contributed by atoms with Gasteiger partial charge in [-0.3, -0.25) is 0 Å². The second-order valence-electron chi connectivity index (χ2n) is 4.83. The van der Waals surface area contributed by atoms with Gasteiger partial charge in [0.2, 0.25) is 0 Å². The summed E-state index contributed by atoms with van der Waals surface area (Å²) in [6.45, 7) is 4.05. The third-order valence-electron chi connectivity index (χ3n) is 3.30. The van der Waals surface area contributed by atoms with Crippen LogP contribution in [0, 0.1) is 0 Å². The first-order valence-corrected chi connectivity index (χ1v) is 9.27. The van der Waals surface area contributed by atoms with E-state index in [9.17, 15) is 8.42 Å². The van der Waals surface area contributed by atoms with Gasteiger partial charge in [-0.15, -0.1) is 0 Å². The molecular formula is C15H15BrClNO3S. The highest BCUT2D eigenvalue weighted by Gasteiger charge is 2.23. The van der Waals surface area contributed by atoms with Crippen LogP contribution in [0.1, 0.15) is 31.7 Å². The first-order valence-electron chi connectivity index (χ1n) is 6.69. The first-order chi connectivity index (χ1) is 10.3. The summed E-state index contributed by atoms with van der Waals surface area (Å²) in [5, 5.41) is -0.121. The van der Waals surface area contributed by atoms with E-state index in [0.717, 1.165) is 12.0 Å². The van der Waals surface area contributed by atoms with E-state index in [2.05, 4.69) is 20.9 Å². The Hall–Kier alpha value is -1.11. The van der Waals surface area contributed by atoms with Crippen LogP contribution in [0.4, 0.5) is 0 Å². The van der Waals surface area contributed by atoms with Crippen LogP contribution in [-0.4, -0.2) is 13.4 Å². The highest BCUT2D eigenvalue weighted by Crippen LogP contribution is 2.32. The predicted molar refractivity (Wildman–Crippen MR) is 89.9 cm³/mol. The lowest BCUT2D eigenvalue weighted by Crippen LogP contribution is -2.12. The summed E-state index contributed by atoms with van der Waals surface area (Å²) in [4.78, 5) is 3.66. The molecule has 0 fully saturated rings. The fourth-order valence-electron chi connectivity index (χ4n) is 1.93. The van der Waals surface area contributed by atoms with E-state index in [0.29, 0.717) is 10.2 Å². The molecule has 0 aliphatic rings. The number of benzene rings is 1. The molecule has 0 aliphatic heterocycles. The molecule has 0 bridgehead atoms. The quantitative estimate of drug-likeness (QED) is 0.531. The molecule has 0 N–H and O–H groups in total. The van der Waals surface area contributed by atoms with Crippen LogP contribution in [0.25, 0.3) is 0 Å². The van der Waals surface area contributed by atoms with Gasteiger partial charge in [0, 0.05) is 10.7 Å². The largest absolute Gasteiger partial charge is 0.379 e. The van der Waals surface area contributed by atoms with Gasteiger partial charge in [-0.1, -0.05) is 43.6 Å². The van der Waals surface area contributed by atoms with Crippen molar-refractivity contribution in [3.63, 3.8) is 0 Å². The Kier molecular flexibility index (Phi) is 5.47. The molecule has 2 aromatic rings. The van der Waals surface area contributed by atoms with Crippen molar-refractivity contribution >= 4 is 37.6 Å². The van der Waals surface area contributed by atoms with Crippen molar-refractivity contribution in [2.45, 2.75) is 31.1 Å². The molecule has 1 aromatic carbocycles. The lowest BCUT2D eigenvalue weighted by molar-refractivity contribution is 0.479. The van der Waals surface area contributed by atoms with E-state index in [1.807, 2.05) is 26.0 Å². The molecule has 0 spiro atoms. The summed E-state index contributed by atoms with van der Waals surface area (Å²) in [5.74, 6) is 0.496. The summed E-state index contributed by atoms with van der Waals surface area (Å²) in [6.07, 6.45) is 2.30. The molecule has 4 nitrogen and oxygen atoms in total. The van der Waals surface area contributed by atoms with Crippen LogP contribution in [0.2, 0.25) is 5.15 Å². The minimum Gasteiger partial charge on any atom is -0.379 e. The SMILES string of the molecule is CCC(C)c1ccccc1OS(=O)(=O)c1cc(Br)cnc1Cl. The Bertz CT molecular complexity index is 780. The van der Waals surface area contributed by atoms with Crippen molar-refractivity contribution in [3.05, 3.63) is 51.7 Å². The van der Waals surface area contributed by atoms with Crippen molar-refractivity contribution in [2.24, 2.45) is 0 Å². The maximum absolute atomic E-state index is 12.5. The number of para-hydroxylation sites is 1. The maximum atomic E-state index is 12.5. The fourth-order valence-corrected chi connectivity index (χ4v) is 3.80. The van der Waals surface area contributed by atoms with Gasteiger partial charge in [0.15, 0.2) is 5.15 Å². The van der Waals surface area contributed by atoms with Gasteiger partial charge in [-0.05, 0) is 46.0 Å². The summed E-state index contributed by atoms with van der Waals surface area (Å²) in [6, 6.07) is 8.46. The summed E-state index contributed by atoms with van der Waals surface area (Å²) >= 11 is 9.07. The Morgan fingerprint density at radius 3 is 2.73 bits per heavy atom.